The van der Waals surface area contributed by atoms with Crippen LogP contribution in [0.5, 0.6) is 0 Å². The number of anilines is 1. The number of thiophene rings is 1. The Bertz CT molecular complexity index is 1580. The number of carbonyl (C=O) groups is 1. The number of nitrogens with zero attached hydrogens (tertiary/aromatic N) is 4. The lowest BCUT2D eigenvalue weighted by Crippen LogP contribution is -2.50. The fourth-order valence-corrected chi connectivity index (χ4v) is 6.25. The molecule has 1 saturated heterocycles. The molecule has 1 fully saturated rings. The monoisotopic (exact) mass is 548 g/mol. The van der Waals surface area contributed by atoms with Crippen molar-refractivity contribution < 1.29 is 4.79 Å². The number of rotatable bonds is 8. The standard InChI is InChI=1S/C32H32N6OS/c1-23-12-13-26(40-23)20-34-31(39)32(15-18-38(19-16-32)30-27-14-17-33-29(27)36-22-37-30)21-35-28(24-8-4-2-5-9-24)25-10-6-3-7-11-25/h2-14,17,22H,15-16,18-21H2,1H3,(H,34,39)(H,33,36,37). The number of piperidine rings is 1. The van der Waals surface area contributed by atoms with E-state index in [4.69, 9.17) is 4.99 Å². The number of aromatic amines is 1. The molecule has 0 atom stereocenters. The highest BCUT2D eigenvalue weighted by atomic mass is 32.1. The minimum Gasteiger partial charge on any atom is -0.356 e. The van der Waals surface area contributed by atoms with Crippen LogP contribution in [0.4, 0.5) is 5.82 Å². The number of aliphatic imine (C=N–C) groups is 1. The minimum atomic E-state index is -0.623. The summed E-state index contributed by atoms with van der Waals surface area (Å²) >= 11 is 1.72. The Balaban J connectivity index is 1.30. The fraction of sp³-hybridized carbons (Fsp3) is 0.250. The van der Waals surface area contributed by atoms with E-state index < -0.39 is 5.41 Å². The Morgan fingerprint density at radius 3 is 2.33 bits per heavy atom. The maximum atomic E-state index is 14.0. The maximum Gasteiger partial charge on any atom is 0.228 e. The zero-order valence-corrected chi connectivity index (χ0v) is 23.3. The summed E-state index contributed by atoms with van der Waals surface area (Å²) in [5, 5.41) is 4.26. The number of aromatic nitrogens is 3. The number of H-pyrrole nitrogens is 1. The van der Waals surface area contributed by atoms with Crippen LogP contribution in [0.15, 0.2) is 96.4 Å². The zero-order valence-electron chi connectivity index (χ0n) is 22.5. The molecule has 8 heteroatoms. The Morgan fingerprint density at radius 1 is 0.975 bits per heavy atom. The molecule has 202 valence electrons. The van der Waals surface area contributed by atoms with Gasteiger partial charge in [0.25, 0.3) is 0 Å². The third-order valence-corrected chi connectivity index (χ3v) is 8.69. The summed E-state index contributed by atoms with van der Waals surface area (Å²) in [5.74, 6) is 0.976. The summed E-state index contributed by atoms with van der Waals surface area (Å²) in [4.78, 5) is 35.9. The zero-order chi connectivity index (χ0) is 27.4. The lowest BCUT2D eigenvalue weighted by atomic mass is 9.77. The van der Waals surface area contributed by atoms with Crippen LogP contribution in [0.1, 0.15) is 33.7 Å². The van der Waals surface area contributed by atoms with Gasteiger partial charge in [-0.25, -0.2) is 9.97 Å². The average Bonchev–Trinajstić information content (AvgIpc) is 3.66. The first kappa shape index (κ1) is 26.0. The highest BCUT2D eigenvalue weighted by molar-refractivity contribution is 7.11. The first-order chi connectivity index (χ1) is 19.6. The molecule has 0 bridgehead atoms. The normalized spacial score (nSPS) is 14.7. The van der Waals surface area contributed by atoms with Gasteiger partial charge in [0.2, 0.25) is 5.91 Å². The second kappa shape index (κ2) is 11.4. The number of hydrogen-bond donors (Lipinski definition) is 2. The third-order valence-electron chi connectivity index (χ3n) is 7.69. The van der Waals surface area contributed by atoms with E-state index in [-0.39, 0.29) is 5.91 Å². The number of amides is 1. The molecule has 1 aliphatic rings. The van der Waals surface area contributed by atoms with E-state index in [0.717, 1.165) is 38.6 Å². The highest BCUT2D eigenvalue weighted by Gasteiger charge is 2.42. The van der Waals surface area contributed by atoms with Crippen molar-refractivity contribution >= 4 is 39.8 Å². The summed E-state index contributed by atoms with van der Waals surface area (Å²) in [6.07, 6.45) is 4.85. The van der Waals surface area contributed by atoms with E-state index in [1.54, 1.807) is 17.7 Å². The van der Waals surface area contributed by atoms with Crippen molar-refractivity contribution in [3.63, 3.8) is 0 Å². The van der Waals surface area contributed by atoms with Crippen LogP contribution >= 0.6 is 11.3 Å². The van der Waals surface area contributed by atoms with E-state index in [1.807, 2.05) is 48.7 Å². The molecule has 3 aromatic heterocycles. The van der Waals surface area contributed by atoms with Gasteiger partial charge in [-0.2, -0.15) is 0 Å². The van der Waals surface area contributed by atoms with Crippen LogP contribution in [0.3, 0.4) is 0 Å². The smallest absolute Gasteiger partial charge is 0.228 e. The lowest BCUT2D eigenvalue weighted by Gasteiger charge is -2.40. The van der Waals surface area contributed by atoms with Crippen LogP contribution in [-0.4, -0.2) is 46.2 Å². The van der Waals surface area contributed by atoms with Crippen molar-refractivity contribution in [3.05, 3.63) is 112 Å². The molecule has 0 radical (unpaired) electrons. The molecule has 0 aliphatic carbocycles. The molecule has 4 heterocycles. The highest BCUT2D eigenvalue weighted by Crippen LogP contribution is 2.36. The number of benzene rings is 2. The van der Waals surface area contributed by atoms with Gasteiger partial charge in [0.1, 0.15) is 17.8 Å². The van der Waals surface area contributed by atoms with Gasteiger partial charge in [-0.1, -0.05) is 60.7 Å². The molecule has 6 rings (SSSR count). The summed E-state index contributed by atoms with van der Waals surface area (Å²) in [6.45, 7) is 4.46. The fourth-order valence-electron chi connectivity index (χ4n) is 5.42. The summed E-state index contributed by atoms with van der Waals surface area (Å²) < 4.78 is 0. The van der Waals surface area contributed by atoms with E-state index >= 15 is 0 Å². The molecule has 2 aromatic carbocycles. The number of fused-ring (bicyclic) bond motifs is 1. The lowest BCUT2D eigenvalue weighted by molar-refractivity contribution is -0.131. The van der Waals surface area contributed by atoms with Crippen LogP contribution in [0.25, 0.3) is 11.0 Å². The van der Waals surface area contributed by atoms with Gasteiger partial charge >= 0.3 is 0 Å². The molecule has 1 amide bonds. The van der Waals surface area contributed by atoms with Gasteiger partial charge < -0.3 is 15.2 Å². The Morgan fingerprint density at radius 2 is 1.68 bits per heavy atom. The predicted octanol–water partition coefficient (Wildman–Crippen LogP) is 5.77. The molecule has 0 spiro atoms. The number of hydrogen-bond acceptors (Lipinski definition) is 6. The Hall–Kier alpha value is -4.30. The van der Waals surface area contributed by atoms with Gasteiger partial charge in [0, 0.05) is 40.2 Å². The van der Waals surface area contributed by atoms with Crippen LogP contribution in [0.2, 0.25) is 0 Å². The van der Waals surface area contributed by atoms with Gasteiger partial charge in [-0.3, -0.25) is 9.79 Å². The van der Waals surface area contributed by atoms with Crippen LogP contribution in [0, 0.1) is 12.3 Å². The predicted molar refractivity (Wildman–Crippen MR) is 162 cm³/mol. The third kappa shape index (κ3) is 5.40. The Kier molecular flexibility index (Phi) is 7.42. The van der Waals surface area contributed by atoms with Gasteiger partial charge in [-0.05, 0) is 38.0 Å². The van der Waals surface area contributed by atoms with Crippen LogP contribution in [-0.2, 0) is 11.3 Å². The minimum absolute atomic E-state index is 0.0666. The van der Waals surface area contributed by atoms with Crippen molar-refractivity contribution in [2.75, 3.05) is 24.5 Å². The van der Waals surface area contributed by atoms with E-state index in [2.05, 4.69) is 68.5 Å². The summed E-state index contributed by atoms with van der Waals surface area (Å²) in [6, 6.07) is 26.7. The summed E-state index contributed by atoms with van der Waals surface area (Å²) in [7, 11) is 0. The molecule has 5 aromatic rings. The van der Waals surface area contributed by atoms with Gasteiger partial charge in [0.15, 0.2) is 0 Å². The van der Waals surface area contributed by atoms with Crippen LogP contribution < -0.4 is 10.2 Å². The van der Waals surface area contributed by atoms with Crippen molar-refractivity contribution in [2.45, 2.75) is 26.3 Å². The quantitative estimate of drug-likeness (QED) is 0.241. The maximum absolute atomic E-state index is 14.0. The number of carbonyl (C=O) groups excluding carboxylic acids is 1. The second-order valence-electron chi connectivity index (χ2n) is 10.3. The van der Waals surface area contributed by atoms with E-state index in [1.165, 1.54) is 4.88 Å². The second-order valence-corrected chi connectivity index (χ2v) is 11.7. The molecule has 7 nitrogen and oxygen atoms in total. The van der Waals surface area contributed by atoms with Gasteiger partial charge in [0.05, 0.1) is 29.6 Å². The first-order valence-corrected chi connectivity index (χ1v) is 14.4. The molecule has 2 N–H and O–H groups in total. The van der Waals surface area contributed by atoms with Crippen molar-refractivity contribution in [3.8, 4) is 0 Å². The Labute approximate surface area is 238 Å². The van der Waals surface area contributed by atoms with Crippen molar-refractivity contribution in [1.82, 2.24) is 20.3 Å². The van der Waals surface area contributed by atoms with Crippen molar-refractivity contribution in [2.24, 2.45) is 10.4 Å². The molecular formula is C32H32N6OS. The molecule has 0 unspecified atom stereocenters. The number of nitrogens with one attached hydrogen (secondary N) is 2. The average molecular weight is 549 g/mol. The van der Waals surface area contributed by atoms with E-state index in [9.17, 15) is 4.79 Å². The number of aryl methyl sites for hydroxylation is 1. The molecule has 40 heavy (non-hydrogen) atoms. The molecular weight excluding hydrogens is 516 g/mol. The molecule has 0 saturated carbocycles. The molecule has 1 aliphatic heterocycles. The first-order valence-electron chi connectivity index (χ1n) is 13.6. The van der Waals surface area contributed by atoms with E-state index in [0.29, 0.717) is 39.0 Å². The summed E-state index contributed by atoms with van der Waals surface area (Å²) in [5.41, 5.74) is 3.21. The SMILES string of the molecule is Cc1ccc(CNC(=O)C2(CN=C(c3ccccc3)c3ccccc3)CCN(c3ncnc4[nH]ccc34)CC2)s1. The van der Waals surface area contributed by atoms with Gasteiger partial charge in [-0.15, -0.1) is 11.3 Å². The van der Waals surface area contributed by atoms with Crippen molar-refractivity contribution in [1.29, 1.82) is 0 Å². The topological polar surface area (TPSA) is 86.3 Å². The largest absolute Gasteiger partial charge is 0.356 e.